The van der Waals surface area contributed by atoms with Crippen LogP contribution < -0.4 is 4.90 Å². The summed E-state index contributed by atoms with van der Waals surface area (Å²) in [4.78, 5) is 38.7. The molecule has 0 aliphatic carbocycles. The Morgan fingerprint density at radius 3 is 2.68 bits per heavy atom. The van der Waals surface area contributed by atoms with Gasteiger partial charge in [-0.05, 0) is 11.5 Å². The summed E-state index contributed by atoms with van der Waals surface area (Å²) in [5.74, 6) is -1.65. The molecule has 1 heterocycles. The number of hydrogen-bond acceptors (Lipinski definition) is 3. The number of aliphatic carboxylic acids is 1. The lowest BCUT2D eigenvalue weighted by atomic mass is 10.1. The Morgan fingerprint density at radius 2 is 1.92 bits per heavy atom. The molecule has 0 aromatic heterocycles. The van der Waals surface area contributed by atoms with Crippen LogP contribution >= 0.6 is 0 Å². The Labute approximate surface area is 145 Å². The predicted octanol–water partition coefficient (Wildman–Crippen LogP) is 2.13. The Kier molecular flexibility index (Phi) is 4.70. The minimum atomic E-state index is -0.945. The van der Waals surface area contributed by atoms with E-state index in [1.807, 2.05) is 42.5 Å². The second-order valence-corrected chi connectivity index (χ2v) is 6.31. The zero-order chi connectivity index (χ0) is 18.0. The van der Waals surface area contributed by atoms with E-state index in [2.05, 4.69) is 0 Å². The molecule has 1 aliphatic rings. The van der Waals surface area contributed by atoms with E-state index in [4.69, 9.17) is 5.11 Å². The van der Waals surface area contributed by atoms with Gasteiger partial charge in [0, 0.05) is 31.9 Å². The normalized spacial score (nSPS) is 17.1. The van der Waals surface area contributed by atoms with E-state index in [0.717, 1.165) is 16.5 Å². The number of rotatable bonds is 5. The van der Waals surface area contributed by atoms with Gasteiger partial charge < -0.3 is 14.9 Å². The molecule has 6 heteroatoms. The highest BCUT2D eigenvalue weighted by molar-refractivity contribution is 6.06. The third kappa shape index (κ3) is 3.47. The van der Waals surface area contributed by atoms with Crippen LogP contribution in [0.3, 0.4) is 0 Å². The molecular weight excluding hydrogens is 320 g/mol. The van der Waals surface area contributed by atoms with Gasteiger partial charge in [0.2, 0.25) is 11.8 Å². The van der Waals surface area contributed by atoms with Crippen LogP contribution in [0.2, 0.25) is 0 Å². The lowest BCUT2D eigenvalue weighted by Gasteiger charge is -2.21. The van der Waals surface area contributed by atoms with Gasteiger partial charge in [-0.2, -0.15) is 0 Å². The first-order valence-electron chi connectivity index (χ1n) is 8.22. The summed E-state index contributed by atoms with van der Waals surface area (Å²) in [6.07, 6.45) is 0.0510. The lowest BCUT2D eigenvalue weighted by Crippen LogP contribution is -2.36. The summed E-state index contributed by atoms with van der Waals surface area (Å²) in [6, 6.07) is 13.6. The van der Waals surface area contributed by atoms with Gasteiger partial charge in [-0.1, -0.05) is 36.4 Å². The average Bonchev–Trinajstić information content (AvgIpc) is 3.00. The van der Waals surface area contributed by atoms with Crippen LogP contribution in [-0.4, -0.2) is 47.9 Å². The largest absolute Gasteiger partial charge is 0.481 e. The van der Waals surface area contributed by atoms with E-state index >= 15 is 0 Å². The van der Waals surface area contributed by atoms with Crippen LogP contribution in [0.25, 0.3) is 10.8 Å². The first-order valence-corrected chi connectivity index (χ1v) is 8.22. The van der Waals surface area contributed by atoms with Crippen LogP contribution in [0.5, 0.6) is 0 Å². The topological polar surface area (TPSA) is 77.9 Å². The minimum absolute atomic E-state index is 0.0821. The van der Waals surface area contributed by atoms with Crippen LogP contribution in [0.1, 0.15) is 12.8 Å². The molecule has 0 radical (unpaired) electrons. The third-order valence-electron chi connectivity index (χ3n) is 4.57. The van der Waals surface area contributed by atoms with Gasteiger partial charge >= 0.3 is 5.97 Å². The average molecular weight is 340 g/mol. The maximum Gasteiger partial charge on any atom is 0.305 e. The van der Waals surface area contributed by atoms with Crippen molar-refractivity contribution in [2.45, 2.75) is 12.8 Å². The molecule has 1 N–H and O–H groups in total. The summed E-state index contributed by atoms with van der Waals surface area (Å²) in [5.41, 5.74) is 0.812. The van der Waals surface area contributed by atoms with E-state index < -0.39 is 11.9 Å². The highest BCUT2D eigenvalue weighted by atomic mass is 16.4. The zero-order valence-corrected chi connectivity index (χ0v) is 14.0. The smallest absolute Gasteiger partial charge is 0.305 e. The van der Waals surface area contributed by atoms with Gasteiger partial charge in [0.15, 0.2) is 0 Å². The van der Waals surface area contributed by atoms with Gasteiger partial charge in [-0.25, -0.2) is 0 Å². The minimum Gasteiger partial charge on any atom is -0.481 e. The number of carbonyl (C=O) groups is 3. The maximum atomic E-state index is 12.5. The predicted molar refractivity (Wildman–Crippen MR) is 94.3 cm³/mol. The first-order chi connectivity index (χ1) is 12.0. The van der Waals surface area contributed by atoms with Gasteiger partial charge in [0.1, 0.15) is 0 Å². The molecule has 25 heavy (non-hydrogen) atoms. The van der Waals surface area contributed by atoms with Crippen molar-refractivity contribution in [3.63, 3.8) is 0 Å². The Morgan fingerprint density at radius 1 is 1.20 bits per heavy atom. The number of carboxylic acid groups (broad SMARTS) is 1. The Bertz CT molecular complexity index is 828. The van der Waals surface area contributed by atoms with Crippen LogP contribution in [0.4, 0.5) is 5.69 Å². The quantitative estimate of drug-likeness (QED) is 0.904. The highest BCUT2D eigenvalue weighted by Gasteiger charge is 2.36. The fraction of sp³-hybridized carbons (Fsp3) is 0.316. The molecule has 1 saturated heterocycles. The van der Waals surface area contributed by atoms with Crippen LogP contribution in [0, 0.1) is 5.92 Å². The van der Waals surface area contributed by atoms with E-state index in [1.54, 1.807) is 11.9 Å². The Balaban J connectivity index is 1.78. The number of benzene rings is 2. The molecule has 6 nitrogen and oxygen atoms in total. The number of carboxylic acids is 1. The molecule has 2 amide bonds. The first kappa shape index (κ1) is 17.0. The van der Waals surface area contributed by atoms with Crippen molar-refractivity contribution in [1.29, 1.82) is 0 Å². The van der Waals surface area contributed by atoms with E-state index in [-0.39, 0.29) is 31.2 Å². The molecule has 1 aliphatic heterocycles. The maximum absolute atomic E-state index is 12.5. The van der Waals surface area contributed by atoms with Gasteiger partial charge in [0.25, 0.3) is 0 Å². The molecule has 130 valence electrons. The number of carbonyl (C=O) groups excluding carboxylic acids is 2. The molecule has 1 atom stereocenters. The Hall–Kier alpha value is -2.89. The number of anilines is 1. The summed E-state index contributed by atoms with van der Waals surface area (Å²) in [7, 11) is 1.58. The summed E-state index contributed by atoms with van der Waals surface area (Å²) >= 11 is 0. The van der Waals surface area contributed by atoms with Crippen molar-refractivity contribution >= 4 is 34.2 Å². The van der Waals surface area contributed by atoms with Crippen molar-refractivity contribution in [1.82, 2.24) is 4.90 Å². The summed E-state index contributed by atoms with van der Waals surface area (Å²) < 4.78 is 0. The van der Waals surface area contributed by atoms with E-state index in [9.17, 15) is 14.4 Å². The molecule has 2 aromatic carbocycles. The van der Waals surface area contributed by atoms with E-state index in [0.29, 0.717) is 6.54 Å². The van der Waals surface area contributed by atoms with Gasteiger partial charge in [-0.15, -0.1) is 0 Å². The second kappa shape index (κ2) is 6.93. The number of hydrogen-bond donors (Lipinski definition) is 1. The van der Waals surface area contributed by atoms with Crippen molar-refractivity contribution < 1.29 is 19.5 Å². The molecule has 0 spiro atoms. The number of amides is 2. The molecule has 3 rings (SSSR count). The summed E-state index contributed by atoms with van der Waals surface area (Å²) in [6.45, 7) is 0.468. The van der Waals surface area contributed by atoms with Gasteiger partial charge in [-0.3, -0.25) is 14.4 Å². The monoisotopic (exact) mass is 340 g/mol. The fourth-order valence-corrected chi connectivity index (χ4v) is 3.23. The van der Waals surface area contributed by atoms with Crippen molar-refractivity contribution in [2.24, 2.45) is 5.92 Å². The molecule has 0 saturated carbocycles. The molecular formula is C19H20N2O4. The lowest BCUT2D eigenvalue weighted by molar-refractivity contribution is -0.139. The van der Waals surface area contributed by atoms with Crippen LogP contribution in [0.15, 0.2) is 42.5 Å². The van der Waals surface area contributed by atoms with Crippen molar-refractivity contribution in [2.75, 3.05) is 25.0 Å². The van der Waals surface area contributed by atoms with Crippen LogP contribution in [-0.2, 0) is 14.4 Å². The molecule has 0 bridgehead atoms. The molecule has 1 fully saturated rings. The third-order valence-corrected chi connectivity index (χ3v) is 4.57. The number of fused-ring (bicyclic) bond motifs is 1. The SMILES string of the molecule is CN(CCC(=O)O)C(=O)C1CC(=O)N(c2cccc3ccccc23)C1. The molecule has 1 unspecified atom stereocenters. The van der Waals surface area contributed by atoms with Gasteiger partial charge in [0.05, 0.1) is 18.0 Å². The zero-order valence-electron chi connectivity index (χ0n) is 14.0. The second-order valence-electron chi connectivity index (χ2n) is 6.31. The standard InChI is InChI=1S/C19H20N2O4/c1-20(10-9-18(23)24)19(25)14-11-17(22)21(12-14)16-8-4-6-13-5-2-3-7-15(13)16/h2-8,14H,9-12H2,1H3,(H,23,24). The van der Waals surface area contributed by atoms with Crippen molar-refractivity contribution in [3.8, 4) is 0 Å². The van der Waals surface area contributed by atoms with E-state index in [1.165, 1.54) is 4.90 Å². The fourth-order valence-electron chi connectivity index (χ4n) is 3.23. The molecule has 2 aromatic rings. The highest BCUT2D eigenvalue weighted by Crippen LogP contribution is 2.32. The van der Waals surface area contributed by atoms with Crippen molar-refractivity contribution in [3.05, 3.63) is 42.5 Å². The number of nitrogens with zero attached hydrogens (tertiary/aromatic N) is 2. The summed E-state index contributed by atoms with van der Waals surface area (Å²) in [5, 5.41) is 10.8.